The van der Waals surface area contributed by atoms with E-state index in [-0.39, 0.29) is 31.2 Å². The number of carbonyl (C=O) groups excluding carboxylic acids is 1. The van der Waals surface area contributed by atoms with Crippen molar-refractivity contribution in [2.75, 3.05) is 12.1 Å². The largest absolute Gasteiger partial charge is 0.454 e. The third kappa shape index (κ3) is 3.66. The number of nitrogens with one attached hydrogen (secondary N) is 1. The van der Waals surface area contributed by atoms with E-state index in [1.807, 2.05) is 37.3 Å². The van der Waals surface area contributed by atoms with Gasteiger partial charge in [-0.15, -0.1) is 11.3 Å². The number of hydrogen-bond donors (Lipinski definition) is 1. The molecule has 0 atom stereocenters. The zero-order valence-corrected chi connectivity index (χ0v) is 17.6. The quantitative estimate of drug-likeness (QED) is 0.510. The van der Waals surface area contributed by atoms with Crippen LogP contribution >= 0.6 is 11.3 Å². The molecule has 156 valence electrons. The first-order valence-electron chi connectivity index (χ1n) is 9.83. The number of ether oxygens (including phenoxy) is 2. The molecular weight excluding hydrogens is 414 g/mol. The number of anilines is 1. The average Bonchev–Trinajstić information content (AvgIpc) is 3.37. The van der Waals surface area contributed by atoms with Crippen molar-refractivity contribution in [2.45, 2.75) is 19.9 Å². The van der Waals surface area contributed by atoms with E-state index in [4.69, 9.17) is 9.47 Å². The summed E-state index contributed by atoms with van der Waals surface area (Å²) in [6.07, 6.45) is 1.66. The molecule has 0 aliphatic carbocycles. The molecule has 0 fully saturated rings. The van der Waals surface area contributed by atoms with Gasteiger partial charge < -0.3 is 14.8 Å². The Kier molecular flexibility index (Phi) is 4.91. The van der Waals surface area contributed by atoms with E-state index < -0.39 is 0 Å². The molecule has 2 aromatic heterocycles. The van der Waals surface area contributed by atoms with Gasteiger partial charge >= 0.3 is 0 Å². The summed E-state index contributed by atoms with van der Waals surface area (Å²) in [5.74, 6) is 1.06. The number of nitrogens with zero attached hydrogens (tertiary/aromatic N) is 2. The molecule has 7 nitrogen and oxygen atoms in total. The monoisotopic (exact) mass is 433 g/mol. The minimum absolute atomic E-state index is 0.135. The van der Waals surface area contributed by atoms with Gasteiger partial charge in [0.1, 0.15) is 4.83 Å². The average molecular weight is 433 g/mol. The van der Waals surface area contributed by atoms with Crippen molar-refractivity contribution in [2.24, 2.45) is 0 Å². The highest BCUT2D eigenvalue weighted by molar-refractivity contribution is 7.19. The smallest absolute Gasteiger partial charge is 0.262 e. The minimum Gasteiger partial charge on any atom is -0.454 e. The van der Waals surface area contributed by atoms with Crippen LogP contribution in [0.1, 0.15) is 11.3 Å². The maximum absolute atomic E-state index is 13.2. The van der Waals surface area contributed by atoms with Crippen LogP contribution < -0.4 is 20.3 Å². The topological polar surface area (TPSA) is 82.5 Å². The van der Waals surface area contributed by atoms with E-state index in [0.717, 1.165) is 16.0 Å². The van der Waals surface area contributed by atoms with Gasteiger partial charge in [0.15, 0.2) is 11.5 Å². The van der Waals surface area contributed by atoms with Crippen LogP contribution in [0.25, 0.3) is 21.3 Å². The van der Waals surface area contributed by atoms with Crippen molar-refractivity contribution >= 4 is 33.1 Å². The van der Waals surface area contributed by atoms with Gasteiger partial charge in [-0.25, -0.2) is 4.98 Å². The highest BCUT2D eigenvalue weighted by Crippen LogP contribution is 2.35. The fourth-order valence-electron chi connectivity index (χ4n) is 3.67. The Labute approximate surface area is 181 Å². The van der Waals surface area contributed by atoms with Crippen LogP contribution in [0.2, 0.25) is 0 Å². The lowest BCUT2D eigenvalue weighted by Gasteiger charge is -2.08. The number of aromatic nitrogens is 2. The molecule has 0 saturated carbocycles. The molecule has 1 amide bonds. The van der Waals surface area contributed by atoms with Gasteiger partial charge in [0.05, 0.1) is 11.7 Å². The molecule has 0 bridgehead atoms. The van der Waals surface area contributed by atoms with Gasteiger partial charge in [-0.2, -0.15) is 0 Å². The van der Waals surface area contributed by atoms with Crippen LogP contribution in [0.4, 0.5) is 5.69 Å². The summed E-state index contributed by atoms with van der Waals surface area (Å²) in [5, 5.41) is 3.44. The second-order valence-corrected chi connectivity index (χ2v) is 8.39. The Hall–Kier alpha value is -3.65. The summed E-state index contributed by atoms with van der Waals surface area (Å²) in [4.78, 5) is 31.9. The lowest BCUT2D eigenvalue weighted by Crippen LogP contribution is -2.23. The van der Waals surface area contributed by atoms with Crippen LogP contribution in [0, 0.1) is 6.92 Å². The number of aryl methyl sites for hydroxylation is 2. The first-order valence-corrected chi connectivity index (χ1v) is 10.7. The highest BCUT2D eigenvalue weighted by Gasteiger charge is 2.18. The molecular formula is C23H19N3O4S. The van der Waals surface area contributed by atoms with Crippen LogP contribution in [-0.2, 0) is 11.3 Å². The fraction of sp³-hybridized carbons (Fsp3) is 0.174. The normalized spacial score (nSPS) is 12.3. The molecule has 0 radical (unpaired) electrons. The van der Waals surface area contributed by atoms with Crippen molar-refractivity contribution < 1.29 is 14.3 Å². The summed E-state index contributed by atoms with van der Waals surface area (Å²) in [7, 11) is 0. The zero-order chi connectivity index (χ0) is 21.4. The van der Waals surface area contributed by atoms with E-state index in [2.05, 4.69) is 10.3 Å². The van der Waals surface area contributed by atoms with E-state index in [0.29, 0.717) is 27.4 Å². The molecule has 3 heterocycles. The predicted molar refractivity (Wildman–Crippen MR) is 120 cm³/mol. The third-order valence-electron chi connectivity index (χ3n) is 5.15. The van der Waals surface area contributed by atoms with E-state index in [1.165, 1.54) is 22.2 Å². The number of benzene rings is 2. The van der Waals surface area contributed by atoms with Gasteiger partial charge in [-0.05, 0) is 24.6 Å². The summed E-state index contributed by atoms with van der Waals surface area (Å²) in [6, 6.07) is 15.1. The molecule has 0 saturated heterocycles. The maximum atomic E-state index is 13.2. The van der Waals surface area contributed by atoms with Crippen molar-refractivity contribution in [3.05, 3.63) is 70.1 Å². The molecule has 0 spiro atoms. The number of amides is 1. The third-order valence-corrected chi connectivity index (χ3v) is 6.17. The van der Waals surface area contributed by atoms with Crippen LogP contribution in [0.5, 0.6) is 11.5 Å². The first-order chi connectivity index (χ1) is 15.1. The molecule has 4 aromatic rings. The summed E-state index contributed by atoms with van der Waals surface area (Å²) >= 11 is 1.51. The predicted octanol–water partition coefficient (Wildman–Crippen LogP) is 4.19. The zero-order valence-electron chi connectivity index (χ0n) is 16.8. The number of thiophene rings is 1. The molecule has 0 unspecified atom stereocenters. The van der Waals surface area contributed by atoms with Crippen molar-refractivity contribution in [3.8, 4) is 22.6 Å². The lowest BCUT2D eigenvalue weighted by molar-refractivity contribution is -0.116. The molecule has 1 N–H and O–H groups in total. The fourth-order valence-corrected chi connectivity index (χ4v) is 4.67. The number of fused-ring (bicyclic) bond motifs is 2. The van der Waals surface area contributed by atoms with Crippen molar-refractivity contribution in [3.63, 3.8) is 0 Å². The standard InChI is InChI=1S/C23H19N3O4S/c1-14-20(15-5-3-2-4-6-15)21-22(31-14)24-12-26(23(21)28)10-9-19(27)25-16-7-8-17-18(11-16)30-13-29-17/h2-8,11-12H,9-10,13H2,1H3,(H,25,27). The highest BCUT2D eigenvalue weighted by atomic mass is 32.1. The number of hydrogen-bond acceptors (Lipinski definition) is 6. The second kappa shape index (κ2) is 7.88. The molecule has 8 heteroatoms. The Morgan fingerprint density at radius 3 is 2.81 bits per heavy atom. The second-order valence-electron chi connectivity index (χ2n) is 7.19. The minimum atomic E-state index is -0.198. The van der Waals surface area contributed by atoms with Crippen LogP contribution in [-0.4, -0.2) is 22.3 Å². The number of rotatable bonds is 5. The van der Waals surface area contributed by atoms with Gasteiger partial charge in [-0.1, -0.05) is 30.3 Å². The van der Waals surface area contributed by atoms with Gasteiger partial charge in [0.25, 0.3) is 5.56 Å². The molecule has 2 aromatic carbocycles. The summed E-state index contributed by atoms with van der Waals surface area (Å²) in [5.41, 5.74) is 2.39. The van der Waals surface area contributed by atoms with Crippen molar-refractivity contribution in [1.29, 1.82) is 0 Å². The van der Waals surface area contributed by atoms with E-state index >= 15 is 0 Å². The van der Waals surface area contributed by atoms with E-state index in [9.17, 15) is 9.59 Å². The molecule has 1 aliphatic rings. The van der Waals surface area contributed by atoms with Crippen LogP contribution in [0.15, 0.2) is 59.7 Å². The van der Waals surface area contributed by atoms with Gasteiger partial charge in [-0.3, -0.25) is 14.2 Å². The van der Waals surface area contributed by atoms with Crippen LogP contribution in [0.3, 0.4) is 0 Å². The van der Waals surface area contributed by atoms with Gasteiger partial charge in [0.2, 0.25) is 12.7 Å². The Bertz CT molecular complexity index is 1340. The van der Waals surface area contributed by atoms with E-state index in [1.54, 1.807) is 18.2 Å². The van der Waals surface area contributed by atoms with Crippen molar-refractivity contribution in [1.82, 2.24) is 9.55 Å². The maximum Gasteiger partial charge on any atom is 0.262 e. The van der Waals surface area contributed by atoms with Gasteiger partial charge in [0, 0.05) is 35.2 Å². The molecule has 31 heavy (non-hydrogen) atoms. The summed E-state index contributed by atoms with van der Waals surface area (Å²) < 4.78 is 12.1. The lowest BCUT2D eigenvalue weighted by atomic mass is 10.0. The Balaban J connectivity index is 1.36. The summed E-state index contributed by atoms with van der Waals surface area (Å²) in [6.45, 7) is 2.41. The first kappa shape index (κ1) is 19.3. The SMILES string of the molecule is Cc1sc2ncn(CCC(=O)Nc3ccc4c(c3)OCO4)c(=O)c2c1-c1ccccc1. The molecule has 1 aliphatic heterocycles. The Morgan fingerprint density at radius 1 is 1.16 bits per heavy atom. The molecule has 5 rings (SSSR count). The number of carbonyl (C=O) groups is 1. The Morgan fingerprint density at radius 2 is 1.97 bits per heavy atom.